The van der Waals surface area contributed by atoms with Crippen molar-refractivity contribution < 1.29 is 4.79 Å². The lowest BCUT2D eigenvalue weighted by atomic mass is 9.93. The second-order valence-electron chi connectivity index (χ2n) is 3.75. The summed E-state index contributed by atoms with van der Waals surface area (Å²) in [4.78, 5) is 12.6. The van der Waals surface area contributed by atoms with Gasteiger partial charge in [-0.1, -0.05) is 25.4 Å². The second kappa shape index (κ2) is 7.21. The highest BCUT2D eigenvalue weighted by molar-refractivity contribution is 7.18. The second-order valence-corrected chi connectivity index (χ2v) is 5.46. The first-order valence-corrected chi connectivity index (χ1v) is 6.54. The van der Waals surface area contributed by atoms with E-state index in [1.54, 1.807) is 12.1 Å². The zero-order chi connectivity index (χ0) is 12.2. The van der Waals surface area contributed by atoms with Crippen LogP contribution in [0.1, 0.15) is 36.4 Å². The normalized spacial score (nSPS) is 10.8. The first-order chi connectivity index (χ1) is 7.56. The number of nitrogens with two attached hydrogens (primary N) is 1. The largest absolute Gasteiger partial charge is 0.345 e. The third-order valence-electron chi connectivity index (χ3n) is 2.92. The zero-order valence-electron chi connectivity index (χ0n) is 9.96. The molecule has 0 saturated heterocycles. The smallest absolute Gasteiger partial charge is 0.261 e. The highest BCUT2D eigenvalue weighted by atomic mass is 35.5. The molecule has 98 valence electrons. The fraction of sp³-hybridized carbons (Fsp3) is 0.545. The number of hydrogen-bond donors (Lipinski definition) is 2. The van der Waals surface area contributed by atoms with Gasteiger partial charge in [-0.15, -0.1) is 23.7 Å². The van der Waals surface area contributed by atoms with E-state index in [1.807, 2.05) is 13.8 Å². The van der Waals surface area contributed by atoms with E-state index in [4.69, 9.17) is 17.3 Å². The fourth-order valence-electron chi connectivity index (χ4n) is 1.51. The quantitative estimate of drug-likeness (QED) is 0.877. The van der Waals surface area contributed by atoms with Gasteiger partial charge in [-0.2, -0.15) is 0 Å². The molecule has 0 fully saturated rings. The summed E-state index contributed by atoms with van der Waals surface area (Å²) in [5, 5.41) is 3.00. The van der Waals surface area contributed by atoms with Gasteiger partial charge in [0.1, 0.15) is 0 Å². The Morgan fingerprint density at radius 1 is 1.47 bits per heavy atom. The Labute approximate surface area is 117 Å². The summed E-state index contributed by atoms with van der Waals surface area (Å²) in [7, 11) is 0. The van der Waals surface area contributed by atoms with Gasteiger partial charge in [0.25, 0.3) is 5.91 Å². The van der Waals surface area contributed by atoms with Crippen LogP contribution in [0.3, 0.4) is 0 Å². The van der Waals surface area contributed by atoms with Gasteiger partial charge in [0, 0.05) is 6.54 Å². The van der Waals surface area contributed by atoms with E-state index in [0.29, 0.717) is 15.8 Å². The van der Waals surface area contributed by atoms with Crippen LogP contribution < -0.4 is 11.1 Å². The van der Waals surface area contributed by atoms with Gasteiger partial charge in [-0.25, -0.2) is 0 Å². The standard InChI is InChI=1S/C11H17ClN2OS.ClH/c1-3-11(4-2,7-13)14-10(15)8-5-6-9(12)16-8;/h5-6H,3-4,7,13H2,1-2H3,(H,14,15);1H. The molecule has 1 aromatic heterocycles. The number of rotatable bonds is 5. The van der Waals surface area contributed by atoms with E-state index in [9.17, 15) is 4.79 Å². The first kappa shape index (κ1) is 16.7. The van der Waals surface area contributed by atoms with Crippen molar-refractivity contribution in [1.29, 1.82) is 0 Å². The summed E-state index contributed by atoms with van der Waals surface area (Å²) in [6, 6.07) is 3.46. The van der Waals surface area contributed by atoms with E-state index >= 15 is 0 Å². The molecule has 1 heterocycles. The Morgan fingerprint density at radius 3 is 2.41 bits per heavy atom. The Hall–Kier alpha value is -0.290. The molecule has 6 heteroatoms. The molecule has 3 N–H and O–H groups in total. The van der Waals surface area contributed by atoms with Crippen LogP contribution in [-0.4, -0.2) is 18.0 Å². The number of nitrogens with one attached hydrogen (secondary N) is 1. The van der Waals surface area contributed by atoms with Gasteiger partial charge in [-0.3, -0.25) is 4.79 Å². The minimum Gasteiger partial charge on any atom is -0.345 e. The Kier molecular flexibility index (Phi) is 7.09. The molecule has 0 aliphatic rings. The molecule has 17 heavy (non-hydrogen) atoms. The van der Waals surface area contributed by atoms with Crippen LogP contribution >= 0.6 is 35.3 Å². The molecule has 0 aliphatic carbocycles. The van der Waals surface area contributed by atoms with Crippen molar-refractivity contribution in [3.63, 3.8) is 0 Å². The van der Waals surface area contributed by atoms with Crippen LogP contribution in [0.2, 0.25) is 4.34 Å². The molecule has 0 spiro atoms. The number of thiophene rings is 1. The van der Waals surface area contributed by atoms with Gasteiger partial charge in [0.15, 0.2) is 0 Å². The van der Waals surface area contributed by atoms with Gasteiger partial charge in [0.2, 0.25) is 0 Å². The number of amides is 1. The average molecular weight is 297 g/mol. The summed E-state index contributed by atoms with van der Waals surface area (Å²) >= 11 is 7.07. The highest BCUT2D eigenvalue weighted by Crippen LogP contribution is 2.22. The average Bonchev–Trinajstić information content (AvgIpc) is 2.73. The maximum absolute atomic E-state index is 11.9. The predicted octanol–water partition coefficient (Wildman–Crippen LogP) is 3.07. The van der Waals surface area contributed by atoms with E-state index in [-0.39, 0.29) is 23.9 Å². The van der Waals surface area contributed by atoms with Gasteiger partial charge < -0.3 is 11.1 Å². The number of carbonyl (C=O) groups is 1. The third kappa shape index (κ3) is 4.14. The van der Waals surface area contributed by atoms with Gasteiger partial charge in [-0.05, 0) is 25.0 Å². The van der Waals surface area contributed by atoms with E-state index < -0.39 is 0 Å². The molecule has 0 saturated carbocycles. The van der Waals surface area contributed by atoms with Crippen LogP contribution in [0.15, 0.2) is 12.1 Å². The molecule has 0 unspecified atom stereocenters. The van der Waals surface area contributed by atoms with Crippen molar-refractivity contribution in [3.05, 3.63) is 21.3 Å². The molecule has 0 aliphatic heterocycles. The zero-order valence-corrected chi connectivity index (χ0v) is 12.3. The maximum atomic E-state index is 11.9. The monoisotopic (exact) mass is 296 g/mol. The molecule has 0 bridgehead atoms. The van der Waals surface area contributed by atoms with Crippen LogP contribution in [0.5, 0.6) is 0 Å². The van der Waals surface area contributed by atoms with Crippen LogP contribution in [0.4, 0.5) is 0 Å². The summed E-state index contributed by atoms with van der Waals surface area (Å²) in [6.45, 7) is 4.50. The molecule has 1 amide bonds. The minimum absolute atomic E-state index is 0. The number of carbonyl (C=O) groups excluding carboxylic acids is 1. The van der Waals surface area contributed by atoms with Crippen molar-refractivity contribution in [2.45, 2.75) is 32.2 Å². The van der Waals surface area contributed by atoms with Gasteiger partial charge in [0.05, 0.1) is 14.8 Å². The van der Waals surface area contributed by atoms with Crippen molar-refractivity contribution in [2.24, 2.45) is 5.73 Å². The van der Waals surface area contributed by atoms with E-state index in [1.165, 1.54) is 11.3 Å². The van der Waals surface area contributed by atoms with Crippen molar-refractivity contribution >= 4 is 41.3 Å². The summed E-state index contributed by atoms with van der Waals surface area (Å²) in [6.07, 6.45) is 1.65. The lowest BCUT2D eigenvalue weighted by Gasteiger charge is -2.31. The summed E-state index contributed by atoms with van der Waals surface area (Å²) < 4.78 is 0.622. The molecular weight excluding hydrogens is 279 g/mol. The number of halogens is 2. The molecule has 0 atom stereocenters. The molecular formula is C11H18Cl2N2OS. The third-order valence-corrected chi connectivity index (χ3v) is 4.15. The van der Waals surface area contributed by atoms with Crippen LogP contribution in [-0.2, 0) is 0 Å². The topological polar surface area (TPSA) is 55.1 Å². The van der Waals surface area contributed by atoms with Crippen molar-refractivity contribution in [3.8, 4) is 0 Å². The molecule has 0 radical (unpaired) electrons. The molecule has 3 nitrogen and oxygen atoms in total. The molecule has 0 aromatic carbocycles. The maximum Gasteiger partial charge on any atom is 0.261 e. The van der Waals surface area contributed by atoms with E-state index in [2.05, 4.69) is 5.32 Å². The van der Waals surface area contributed by atoms with Crippen molar-refractivity contribution in [1.82, 2.24) is 5.32 Å². The van der Waals surface area contributed by atoms with E-state index in [0.717, 1.165) is 12.8 Å². The lowest BCUT2D eigenvalue weighted by Crippen LogP contribution is -2.52. The van der Waals surface area contributed by atoms with Crippen LogP contribution in [0, 0.1) is 0 Å². The Morgan fingerprint density at radius 2 is 2.06 bits per heavy atom. The Bertz CT molecular complexity index is 356. The minimum atomic E-state index is -0.298. The molecule has 1 rings (SSSR count). The number of hydrogen-bond acceptors (Lipinski definition) is 3. The summed E-state index contributed by atoms with van der Waals surface area (Å²) in [5.74, 6) is -0.0916. The predicted molar refractivity (Wildman–Crippen MR) is 76.4 cm³/mol. The molecule has 1 aromatic rings. The summed E-state index contributed by atoms with van der Waals surface area (Å²) in [5.41, 5.74) is 5.42. The lowest BCUT2D eigenvalue weighted by molar-refractivity contribution is 0.0899. The SMILES string of the molecule is CCC(CC)(CN)NC(=O)c1ccc(Cl)s1.Cl. The highest BCUT2D eigenvalue weighted by Gasteiger charge is 2.27. The first-order valence-electron chi connectivity index (χ1n) is 5.35. The van der Waals surface area contributed by atoms with Crippen LogP contribution in [0.25, 0.3) is 0 Å². The van der Waals surface area contributed by atoms with Gasteiger partial charge >= 0.3 is 0 Å². The van der Waals surface area contributed by atoms with Crippen molar-refractivity contribution in [2.75, 3.05) is 6.54 Å². The fourth-order valence-corrected chi connectivity index (χ4v) is 2.44. The Balaban J connectivity index is 0.00000256.